The Balaban J connectivity index is 1.67. The molecule has 0 aliphatic heterocycles. The Morgan fingerprint density at radius 2 is 1.96 bits per heavy atom. The van der Waals surface area contributed by atoms with Crippen molar-refractivity contribution >= 4 is 38.3 Å². The molecule has 0 fully saturated rings. The number of fused-ring (bicyclic) bond motifs is 1. The lowest BCUT2D eigenvalue weighted by molar-refractivity contribution is 0.601. The topological polar surface area (TPSA) is 81.8 Å². The molecule has 0 aliphatic rings. The molecule has 7 nitrogen and oxygen atoms in total. The van der Waals surface area contributed by atoms with Crippen molar-refractivity contribution in [3.8, 4) is 0 Å². The fourth-order valence-corrected chi connectivity index (χ4v) is 4.29. The van der Waals surface area contributed by atoms with E-state index in [4.69, 9.17) is 11.6 Å². The lowest BCUT2D eigenvalue weighted by Crippen LogP contribution is -2.13. The molecule has 9 heteroatoms. The van der Waals surface area contributed by atoms with Gasteiger partial charge >= 0.3 is 0 Å². The number of hydrogen-bond acceptors (Lipinski definition) is 4. The van der Waals surface area contributed by atoms with Crippen LogP contribution in [0.5, 0.6) is 0 Å². The molecule has 0 saturated carbocycles. The number of aromatic nitrogens is 4. The largest absolute Gasteiger partial charge is 0.324 e. The van der Waals surface area contributed by atoms with Crippen molar-refractivity contribution in [2.45, 2.75) is 18.4 Å². The van der Waals surface area contributed by atoms with Crippen LogP contribution >= 0.6 is 11.6 Å². The van der Waals surface area contributed by atoms with Crippen LogP contribution < -0.4 is 4.72 Å². The van der Waals surface area contributed by atoms with Gasteiger partial charge in [0, 0.05) is 24.0 Å². The predicted molar refractivity (Wildman–Crippen MR) is 109 cm³/mol. The van der Waals surface area contributed by atoms with E-state index >= 15 is 0 Å². The minimum atomic E-state index is -3.72. The minimum absolute atomic E-state index is 0.1000. The van der Waals surface area contributed by atoms with Crippen molar-refractivity contribution in [2.75, 3.05) is 4.72 Å². The molecule has 4 rings (SSSR count). The molecule has 2 aromatic heterocycles. The third-order valence-corrected chi connectivity index (χ3v) is 6.17. The van der Waals surface area contributed by atoms with Crippen molar-refractivity contribution < 1.29 is 8.42 Å². The quantitative estimate of drug-likeness (QED) is 0.540. The van der Waals surface area contributed by atoms with Gasteiger partial charge in [0.05, 0.1) is 23.8 Å². The molecule has 2 aromatic carbocycles. The summed E-state index contributed by atoms with van der Waals surface area (Å²) in [5.74, 6) is 0.860. The van der Waals surface area contributed by atoms with E-state index in [-0.39, 0.29) is 4.90 Å². The van der Waals surface area contributed by atoms with Crippen LogP contribution in [-0.2, 0) is 23.6 Å². The Bertz CT molecular complexity index is 1280. The lowest BCUT2D eigenvalue weighted by atomic mass is 10.2. The molecule has 0 amide bonds. The molecular weight excluding hydrogens is 398 g/mol. The van der Waals surface area contributed by atoms with E-state index in [9.17, 15) is 8.42 Å². The summed E-state index contributed by atoms with van der Waals surface area (Å²) in [7, 11) is -2.06. The number of aryl methyl sites for hydroxylation is 2. The second-order valence-corrected chi connectivity index (χ2v) is 8.58. The van der Waals surface area contributed by atoms with Gasteiger partial charge in [-0.15, -0.1) is 0 Å². The van der Waals surface area contributed by atoms with Crippen LogP contribution in [-0.4, -0.2) is 27.7 Å². The third-order valence-electron chi connectivity index (χ3n) is 4.46. The van der Waals surface area contributed by atoms with Gasteiger partial charge in [-0.05, 0) is 42.8 Å². The Labute approximate surface area is 167 Å². The summed E-state index contributed by atoms with van der Waals surface area (Å²) in [4.78, 5) is 4.66. The Morgan fingerprint density at radius 1 is 1.18 bits per heavy atom. The molecule has 1 N–H and O–H groups in total. The van der Waals surface area contributed by atoms with E-state index in [0.29, 0.717) is 17.3 Å². The molecular formula is C19H18ClN5O2S. The number of hydrogen-bond donors (Lipinski definition) is 1. The maximum atomic E-state index is 12.5. The Hall–Kier alpha value is -2.84. The van der Waals surface area contributed by atoms with E-state index < -0.39 is 10.0 Å². The maximum absolute atomic E-state index is 12.5. The summed E-state index contributed by atoms with van der Waals surface area (Å²) in [6.45, 7) is 2.41. The summed E-state index contributed by atoms with van der Waals surface area (Å²) >= 11 is 6.38. The van der Waals surface area contributed by atoms with Gasteiger partial charge in [-0.1, -0.05) is 23.7 Å². The summed E-state index contributed by atoms with van der Waals surface area (Å²) in [6, 6.07) is 12.9. The van der Waals surface area contributed by atoms with Crippen LogP contribution in [0, 0.1) is 6.92 Å². The SMILES string of the molecule is Cc1nc2ccccc2n1Cc1cc(NS(=O)(=O)c2cnn(C)c2)ccc1Cl. The molecule has 28 heavy (non-hydrogen) atoms. The highest BCUT2D eigenvalue weighted by molar-refractivity contribution is 7.92. The zero-order valence-corrected chi connectivity index (χ0v) is 16.9. The molecule has 0 bridgehead atoms. The summed E-state index contributed by atoms with van der Waals surface area (Å²) in [6.07, 6.45) is 2.75. The Morgan fingerprint density at radius 3 is 2.71 bits per heavy atom. The van der Waals surface area contributed by atoms with Gasteiger partial charge in [-0.3, -0.25) is 9.40 Å². The van der Waals surface area contributed by atoms with Crippen LogP contribution in [0.15, 0.2) is 59.8 Å². The zero-order valence-electron chi connectivity index (χ0n) is 15.3. The number of benzene rings is 2. The molecule has 144 valence electrons. The van der Waals surface area contributed by atoms with Crippen LogP contribution in [0.4, 0.5) is 5.69 Å². The monoisotopic (exact) mass is 415 g/mol. The van der Waals surface area contributed by atoms with E-state index in [1.807, 2.05) is 31.2 Å². The lowest BCUT2D eigenvalue weighted by Gasteiger charge is -2.12. The van der Waals surface area contributed by atoms with E-state index in [1.165, 1.54) is 17.1 Å². The standard InChI is InChI=1S/C19H18ClN5O2S/c1-13-22-18-5-3-4-6-19(18)25(13)11-14-9-15(7-8-17(14)20)23-28(26,27)16-10-21-24(2)12-16/h3-10,12,23H,11H2,1-2H3. The zero-order chi connectivity index (χ0) is 19.9. The average molecular weight is 416 g/mol. The number of imidazole rings is 1. The number of nitrogens with one attached hydrogen (secondary N) is 1. The van der Waals surface area contributed by atoms with Gasteiger partial charge in [0.1, 0.15) is 10.7 Å². The van der Waals surface area contributed by atoms with Crippen molar-refractivity contribution in [3.05, 3.63) is 71.3 Å². The highest BCUT2D eigenvalue weighted by atomic mass is 35.5. The van der Waals surface area contributed by atoms with Crippen molar-refractivity contribution in [1.29, 1.82) is 0 Å². The smallest absolute Gasteiger partial charge is 0.265 e. The fourth-order valence-electron chi connectivity index (χ4n) is 3.08. The molecule has 0 saturated heterocycles. The molecule has 0 radical (unpaired) electrons. The first-order chi connectivity index (χ1) is 13.3. The van der Waals surface area contributed by atoms with Gasteiger partial charge in [0.15, 0.2) is 0 Å². The summed E-state index contributed by atoms with van der Waals surface area (Å²) in [5.41, 5.74) is 3.13. The third kappa shape index (κ3) is 3.48. The molecule has 4 aromatic rings. The van der Waals surface area contributed by atoms with Crippen molar-refractivity contribution in [2.24, 2.45) is 7.05 Å². The second kappa shape index (κ2) is 6.96. The molecule has 0 aliphatic carbocycles. The van der Waals surface area contributed by atoms with Gasteiger partial charge in [0.2, 0.25) is 0 Å². The van der Waals surface area contributed by atoms with Crippen molar-refractivity contribution in [1.82, 2.24) is 19.3 Å². The fraction of sp³-hybridized carbons (Fsp3) is 0.158. The van der Waals surface area contributed by atoms with E-state index in [1.54, 1.807) is 25.2 Å². The van der Waals surface area contributed by atoms with Crippen LogP contribution in [0.3, 0.4) is 0 Å². The number of nitrogens with zero attached hydrogens (tertiary/aromatic N) is 4. The van der Waals surface area contributed by atoms with Gasteiger partial charge in [0.25, 0.3) is 10.0 Å². The van der Waals surface area contributed by atoms with E-state index in [2.05, 4.69) is 19.4 Å². The molecule has 0 spiro atoms. The predicted octanol–water partition coefficient (Wildman–Crippen LogP) is 3.58. The van der Waals surface area contributed by atoms with Crippen LogP contribution in [0.1, 0.15) is 11.4 Å². The number of para-hydroxylation sites is 2. The first-order valence-electron chi connectivity index (χ1n) is 8.55. The van der Waals surface area contributed by atoms with Crippen LogP contribution in [0.2, 0.25) is 5.02 Å². The van der Waals surface area contributed by atoms with Gasteiger partial charge in [-0.2, -0.15) is 5.10 Å². The minimum Gasteiger partial charge on any atom is -0.324 e. The number of halogens is 1. The normalized spacial score (nSPS) is 11.8. The molecule has 0 atom stereocenters. The first kappa shape index (κ1) is 18.5. The van der Waals surface area contributed by atoms with Gasteiger partial charge < -0.3 is 4.57 Å². The van der Waals surface area contributed by atoms with E-state index in [0.717, 1.165) is 22.4 Å². The number of sulfonamides is 1. The maximum Gasteiger partial charge on any atom is 0.265 e. The van der Waals surface area contributed by atoms with Crippen LogP contribution in [0.25, 0.3) is 11.0 Å². The number of rotatable bonds is 5. The second-order valence-electron chi connectivity index (χ2n) is 6.50. The Kier molecular flexibility index (Phi) is 4.60. The highest BCUT2D eigenvalue weighted by Gasteiger charge is 2.17. The average Bonchev–Trinajstić information content (AvgIpc) is 3.22. The molecule has 0 unspecified atom stereocenters. The first-order valence-corrected chi connectivity index (χ1v) is 10.4. The summed E-state index contributed by atoms with van der Waals surface area (Å²) in [5, 5.41) is 4.47. The summed E-state index contributed by atoms with van der Waals surface area (Å²) < 4.78 is 31.2. The highest BCUT2D eigenvalue weighted by Crippen LogP contribution is 2.26. The molecule has 2 heterocycles. The number of anilines is 1. The van der Waals surface area contributed by atoms with Gasteiger partial charge in [-0.25, -0.2) is 13.4 Å². The van der Waals surface area contributed by atoms with Crippen molar-refractivity contribution in [3.63, 3.8) is 0 Å².